The second-order valence-corrected chi connectivity index (χ2v) is 8.09. The van der Waals surface area contributed by atoms with E-state index in [9.17, 15) is 16.8 Å². The van der Waals surface area contributed by atoms with Gasteiger partial charge in [0.25, 0.3) is 20.0 Å². The topological polar surface area (TPSA) is 82.4 Å². The molecule has 0 bridgehead atoms. The summed E-state index contributed by atoms with van der Waals surface area (Å²) in [5, 5.41) is 0. The Hall–Kier alpha value is -1.70. The summed E-state index contributed by atoms with van der Waals surface area (Å²) < 4.78 is 51.3. The molecule has 0 heterocycles. The van der Waals surface area contributed by atoms with Crippen molar-refractivity contribution in [1.82, 2.24) is 4.13 Å². The molecule has 2 aromatic carbocycles. The smallest absolute Gasteiger partial charge is 0.205 e. The maximum absolute atomic E-state index is 12.1. The highest BCUT2D eigenvalue weighted by Crippen LogP contribution is 2.16. The molecule has 111 valence electrons. The lowest BCUT2D eigenvalue weighted by Crippen LogP contribution is -2.23. The average Bonchev–Trinajstić information content (AvgIpc) is 2.38. The highest BCUT2D eigenvalue weighted by atomic mass is 32.3. The lowest BCUT2D eigenvalue weighted by atomic mass is 10.2. The normalized spacial score (nSPS) is 12.3. The number of hydrogen-bond acceptors (Lipinski definition) is 4. The minimum absolute atomic E-state index is 0.149. The van der Waals surface area contributed by atoms with Gasteiger partial charge in [0.15, 0.2) is 0 Å². The van der Waals surface area contributed by atoms with E-state index in [-0.39, 0.29) is 9.79 Å². The molecule has 0 unspecified atom stereocenters. The lowest BCUT2D eigenvalue weighted by molar-refractivity contribution is 0.575. The molecule has 1 radical (unpaired) electrons. The zero-order chi connectivity index (χ0) is 15.7. The van der Waals surface area contributed by atoms with Crippen LogP contribution in [0.2, 0.25) is 0 Å². The minimum atomic E-state index is -4.26. The molecule has 0 amide bonds. The van der Waals surface area contributed by atoms with E-state index in [0.29, 0.717) is 0 Å². The van der Waals surface area contributed by atoms with Crippen LogP contribution in [0.25, 0.3) is 0 Å². The van der Waals surface area contributed by atoms with Gasteiger partial charge in [-0.25, -0.2) is 16.8 Å². The highest BCUT2D eigenvalue weighted by Gasteiger charge is 2.26. The van der Waals surface area contributed by atoms with Crippen LogP contribution in [-0.4, -0.2) is 16.8 Å². The van der Waals surface area contributed by atoms with Crippen molar-refractivity contribution in [2.24, 2.45) is 0 Å². The largest absolute Gasteiger partial charge is 0.271 e. The van der Waals surface area contributed by atoms with Crippen molar-refractivity contribution in [3.8, 4) is 0 Å². The molecule has 5 nitrogen and oxygen atoms in total. The van der Waals surface area contributed by atoms with Crippen LogP contribution >= 0.6 is 0 Å². The Morgan fingerprint density at radius 2 is 0.905 bits per heavy atom. The highest BCUT2D eigenvalue weighted by molar-refractivity contribution is 8.04. The molecule has 0 saturated carbocycles. The Balaban J connectivity index is 2.35. The third-order valence-electron chi connectivity index (χ3n) is 2.83. The summed E-state index contributed by atoms with van der Waals surface area (Å²) in [5.74, 6) is 0. The fourth-order valence-electron chi connectivity index (χ4n) is 1.64. The lowest BCUT2D eigenvalue weighted by Gasteiger charge is -2.06. The second-order valence-electron chi connectivity index (χ2n) is 4.65. The number of hydrogen-bond donors (Lipinski definition) is 0. The molecule has 0 aliphatic heterocycles. The fourth-order valence-corrected chi connectivity index (χ4v) is 4.32. The zero-order valence-electron chi connectivity index (χ0n) is 11.5. The first-order valence-electron chi connectivity index (χ1n) is 6.08. The van der Waals surface area contributed by atoms with Crippen LogP contribution in [0, 0.1) is 13.8 Å². The summed E-state index contributed by atoms with van der Waals surface area (Å²) in [6.07, 6.45) is 0. The molecule has 0 spiro atoms. The van der Waals surface area contributed by atoms with Crippen LogP contribution < -0.4 is 4.13 Å². The maximum atomic E-state index is 12.1. The fraction of sp³-hybridized carbons (Fsp3) is 0.143. The first-order chi connectivity index (χ1) is 9.71. The first kappa shape index (κ1) is 15.7. The van der Waals surface area contributed by atoms with Gasteiger partial charge in [-0.2, -0.15) is 0 Å². The Morgan fingerprint density at radius 3 is 1.19 bits per heavy atom. The molecular weight excluding hydrogens is 310 g/mol. The van der Waals surface area contributed by atoms with Crippen molar-refractivity contribution in [2.75, 3.05) is 0 Å². The van der Waals surface area contributed by atoms with Crippen LogP contribution in [0.15, 0.2) is 58.3 Å². The van der Waals surface area contributed by atoms with Gasteiger partial charge in [-0.05, 0) is 38.1 Å². The number of aryl methyl sites for hydroxylation is 2. The maximum Gasteiger partial charge on any atom is 0.271 e. The molecule has 7 heteroatoms. The number of sulfonamides is 2. The van der Waals surface area contributed by atoms with Gasteiger partial charge in [-0.1, -0.05) is 35.4 Å². The molecule has 0 atom stereocenters. The average molecular weight is 324 g/mol. The third-order valence-corrected chi connectivity index (χ3v) is 6.14. The summed E-state index contributed by atoms with van der Waals surface area (Å²) >= 11 is 0. The minimum Gasteiger partial charge on any atom is -0.205 e. The Bertz CT molecular complexity index is 763. The Kier molecular flexibility index (Phi) is 4.18. The van der Waals surface area contributed by atoms with Crippen molar-refractivity contribution in [3.05, 3.63) is 59.7 Å². The third kappa shape index (κ3) is 3.69. The van der Waals surface area contributed by atoms with E-state index < -0.39 is 20.0 Å². The predicted molar refractivity (Wildman–Crippen MR) is 78.9 cm³/mol. The number of nitrogens with zero attached hydrogens (tertiary/aromatic N) is 1. The van der Waals surface area contributed by atoms with Crippen molar-refractivity contribution in [1.29, 1.82) is 0 Å². The summed E-state index contributed by atoms with van der Waals surface area (Å²) in [7, 11) is -8.51. The molecule has 2 aromatic rings. The van der Waals surface area contributed by atoms with E-state index in [1.54, 1.807) is 38.1 Å². The van der Waals surface area contributed by atoms with Crippen LogP contribution in [0.4, 0.5) is 0 Å². The molecule has 0 saturated heterocycles. The number of benzene rings is 2. The van der Waals surface area contributed by atoms with Gasteiger partial charge in [0, 0.05) is 4.13 Å². The first-order valence-corrected chi connectivity index (χ1v) is 8.96. The molecule has 2 rings (SSSR count). The van der Waals surface area contributed by atoms with E-state index in [1.165, 1.54) is 24.3 Å². The molecule has 0 aromatic heterocycles. The molecule has 0 fully saturated rings. The van der Waals surface area contributed by atoms with E-state index in [2.05, 4.69) is 4.13 Å². The second kappa shape index (κ2) is 5.59. The van der Waals surface area contributed by atoms with E-state index in [0.717, 1.165) is 11.1 Å². The summed E-state index contributed by atoms with van der Waals surface area (Å²) in [6, 6.07) is 11.7. The summed E-state index contributed by atoms with van der Waals surface area (Å²) in [5.41, 5.74) is 1.74. The summed E-state index contributed by atoms with van der Waals surface area (Å²) in [4.78, 5) is -0.299. The van der Waals surface area contributed by atoms with Crippen molar-refractivity contribution < 1.29 is 16.8 Å². The number of rotatable bonds is 4. The molecule has 21 heavy (non-hydrogen) atoms. The summed E-state index contributed by atoms with van der Waals surface area (Å²) in [6.45, 7) is 3.60. The van der Waals surface area contributed by atoms with Gasteiger partial charge >= 0.3 is 0 Å². The van der Waals surface area contributed by atoms with Crippen LogP contribution in [0.3, 0.4) is 0 Å². The van der Waals surface area contributed by atoms with Crippen LogP contribution in [0.1, 0.15) is 11.1 Å². The SMILES string of the molecule is Cc1ccc(S(=O)(=O)[N]S(=O)(=O)c2ccc(C)cc2)cc1. The van der Waals surface area contributed by atoms with Gasteiger partial charge in [0.2, 0.25) is 0 Å². The van der Waals surface area contributed by atoms with Crippen LogP contribution in [0.5, 0.6) is 0 Å². The van der Waals surface area contributed by atoms with Crippen molar-refractivity contribution in [2.45, 2.75) is 23.6 Å². The van der Waals surface area contributed by atoms with Gasteiger partial charge in [-0.15, -0.1) is 0 Å². The monoisotopic (exact) mass is 324 g/mol. The molecule has 0 N–H and O–H groups in total. The van der Waals surface area contributed by atoms with Gasteiger partial charge in [-0.3, -0.25) is 0 Å². The van der Waals surface area contributed by atoms with Crippen LogP contribution in [-0.2, 0) is 20.0 Å². The van der Waals surface area contributed by atoms with Gasteiger partial charge < -0.3 is 0 Å². The predicted octanol–water partition coefficient (Wildman–Crippen LogP) is 1.99. The van der Waals surface area contributed by atoms with E-state index in [1.807, 2.05) is 0 Å². The van der Waals surface area contributed by atoms with Crippen molar-refractivity contribution >= 4 is 20.0 Å². The zero-order valence-corrected chi connectivity index (χ0v) is 13.1. The quantitative estimate of drug-likeness (QED) is 0.861. The van der Waals surface area contributed by atoms with Gasteiger partial charge in [0.1, 0.15) is 0 Å². The van der Waals surface area contributed by atoms with E-state index in [4.69, 9.17) is 0 Å². The molecule has 0 aliphatic rings. The Labute approximate surface area is 124 Å². The standard InChI is InChI=1S/C14H14NO4S2/c1-11-3-7-13(8-4-11)20(16,17)15-21(18,19)14-9-5-12(2)6-10-14/h3-10H,1-2H3. The molecule has 0 aliphatic carbocycles. The molecular formula is C14H14NO4S2. The Morgan fingerprint density at radius 1 is 0.619 bits per heavy atom. The van der Waals surface area contributed by atoms with Crippen molar-refractivity contribution in [3.63, 3.8) is 0 Å². The van der Waals surface area contributed by atoms with E-state index >= 15 is 0 Å². The van der Waals surface area contributed by atoms with Gasteiger partial charge in [0.05, 0.1) is 9.79 Å².